The number of anilines is 1. The van der Waals surface area contributed by atoms with Crippen LogP contribution in [0.5, 0.6) is 0 Å². The van der Waals surface area contributed by atoms with E-state index in [1.807, 2.05) is 23.5 Å². The first-order valence-corrected chi connectivity index (χ1v) is 9.72. The molecule has 0 N–H and O–H groups in total. The summed E-state index contributed by atoms with van der Waals surface area (Å²) in [4.78, 5) is 5.16. The molecule has 2 aromatic heterocycles. The predicted molar refractivity (Wildman–Crippen MR) is 97.5 cm³/mol. The average molecular weight is 359 g/mol. The maximum atomic E-state index is 13.0. The van der Waals surface area contributed by atoms with Gasteiger partial charge in [-0.1, -0.05) is 23.5 Å². The zero-order valence-electron chi connectivity index (χ0n) is 13.4. The highest BCUT2D eigenvalue weighted by molar-refractivity contribution is 7.15. The molecular formula is C18H18FN3S2. The average Bonchev–Trinajstić information content (AvgIpc) is 3.29. The van der Waals surface area contributed by atoms with Crippen LogP contribution in [0, 0.1) is 12.7 Å². The molecule has 1 fully saturated rings. The molecule has 1 aliphatic heterocycles. The Labute approximate surface area is 148 Å². The van der Waals surface area contributed by atoms with Crippen LogP contribution in [0.4, 0.5) is 9.52 Å². The zero-order chi connectivity index (χ0) is 16.5. The molecule has 0 aliphatic carbocycles. The van der Waals surface area contributed by atoms with Crippen molar-refractivity contribution in [3.05, 3.63) is 62.5 Å². The van der Waals surface area contributed by atoms with Crippen molar-refractivity contribution in [2.24, 2.45) is 0 Å². The summed E-state index contributed by atoms with van der Waals surface area (Å²) in [5, 5.41) is 10.7. The van der Waals surface area contributed by atoms with Gasteiger partial charge in [0.2, 0.25) is 5.13 Å². The summed E-state index contributed by atoms with van der Waals surface area (Å²) in [5.41, 5.74) is 1.06. The summed E-state index contributed by atoms with van der Waals surface area (Å²) in [6, 6.07) is 11.5. The van der Waals surface area contributed by atoms with Crippen molar-refractivity contribution in [1.29, 1.82) is 0 Å². The molecular weight excluding hydrogens is 341 g/mol. The third kappa shape index (κ3) is 3.21. The van der Waals surface area contributed by atoms with Crippen LogP contribution < -0.4 is 4.90 Å². The van der Waals surface area contributed by atoms with Gasteiger partial charge in [0.25, 0.3) is 0 Å². The standard InChI is InChI=1S/C18H18FN3S2/c1-12-4-9-16(23-12)15-3-2-10-22(15)18-21-20-17(24-18)11-13-5-7-14(19)8-6-13/h4-9,15H,2-3,10-11H2,1H3. The molecule has 1 atom stereocenters. The Kier molecular flexibility index (Phi) is 4.33. The molecule has 0 radical (unpaired) electrons. The maximum Gasteiger partial charge on any atom is 0.208 e. The fraction of sp³-hybridized carbons (Fsp3) is 0.333. The van der Waals surface area contributed by atoms with Crippen molar-refractivity contribution in [1.82, 2.24) is 10.2 Å². The van der Waals surface area contributed by atoms with Crippen molar-refractivity contribution in [3.63, 3.8) is 0 Å². The van der Waals surface area contributed by atoms with Gasteiger partial charge in [-0.15, -0.1) is 21.5 Å². The van der Waals surface area contributed by atoms with Crippen LogP contribution in [0.1, 0.15) is 39.2 Å². The number of hydrogen-bond acceptors (Lipinski definition) is 5. The van der Waals surface area contributed by atoms with Gasteiger partial charge in [-0.2, -0.15) is 0 Å². The molecule has 3 aromatic rings. The number of rotatable bonds is 4. The molecule has 3 nitrogen and oxygen atoms in total. The molecule has 4 rings (SSSR count). The lowest BCUT2D eigenvalue weighted by atomic mass is 10.2. The predicted octanol–water partition coefficient (Wildman–Crippen LogP) is 4.98. The molecule has 6 heteroatoms. The fourth-order valence-corrected chi connectivity index (χ4v) is 5.11. The normalized spacial score (nSPS) is 17.6. The highest BCUT2D eigenvalue weighted by Gasteiger charge is 2.29. The van der Waals surface area contributed by atoms with Gasteiger partial charge in [0, 0.05) is 22.7 Å². The summed E-state index contributed by atoms with van der Waals surface area (Å²) in [6.07, 6.45) is 3.07. The first kappa shape index (κ1) is 15.7. The second-order valence-electron chi connectivity index (χ2n) is 6.08. The quantitative estimate of drug-likeness (QED) is 0.658. The first-order chi connectivity index (χ1) is 11.7. The Bertz CT molecular complexity index is 825. The Hall–Kier alpha value is -1.79. The molecule has 124 valence electrons. The molecule has 3 heterocycles. The van der Waals surface area contributed by atoms with Gasteiger partial charge in [-0.25, -0.2) is 4.39 Å². The van der Waals surface area contributed by atoms with Gasteiger partial charge in [0.1, 0.15) is 10.8 Å². The Morgan fingerprint density at radius 3 is 2.71 bits per heavy atom. The van der Waals surface area contributed by atoms with Crippen molar-refractivity contribution >= 4 is 27.8 Å². The Morgan fingerprint density at radius 1 is 1.12 bits per heavy atom. The number of hydrogen-bond donors (Lipinski definition) is 0. The molecule has 1 aromatic carbocycles. The van der Waals surface area contributed by atoms with E-state index in [0.717, 1.165) is 22.2 Å². The number of aryl methyl sites for hydroxylation is 1. The first-order valence-electron chi connectivity index (χ1n) is 8.09. The SMILES string of the molecule is Cc1ccc(C2CCCN2c2nnc(Cc3ccc(F)cc3)s2)s1. The number of benzene rings is 1. The number of halogens is 1. The number of nitrogens with zero attached hydrogens (tertiary/aromatic N) is 3. The lowest BCUT2D eigenvalue weighted by molar-refractivity contribution is 0.627. The molecule has 0 spiro atoms. The van der Waals surface area contributed by atoms with Crippen molar-refractivity contribution < 1.29 is 4.39 Å². The lowest BCUT2D eigenvalue weighted by Crippen LogP contribution is -2.21. The van der Waals surface area contributed by atoms with E-state index in [1.165, 1.54) is 34.7 Å². The largest absolute Gasteiger partial charge is 0.339 e. The summed E-state index contributed by atoms with van der Waals surface area (Å²) >= 11 is 3.52. The van der Waals surface area contributed by atoms with Crippen LogP contribution >= 0.6 is 22.7 Å². The third-order valence-corrected chi connectivity index (χ3v) is 6.38. The van der Waals surface area contributed by atoms with Crippen LogP contribution in [0.15, 0.2) is 36.4 Å². The van der Waals surface area contributed by atoms with Gasteiger partial charge in [-0.05, 0) is 49.6 Å². The van der Waals surface area contributed by atoms with E-state index in [-0.39, 0.29) is 5.82 Å². The molecule has 0 saturated carbocycles. The number of thiophene rings is 1. The molecule has 1 saturated heterocycles. The molecule has 1 unspecified atom stereocenters. The fourth-order valence-electron chi connectivity index (χ4n) is 3.13. The summed E-state index contributed by atoms with van der Waals surface area (Å²) < 4.78 is 13.0. The molecule has 24 heavy (non-hydrogen) atoms. The van der Waals surface area contributed by atoms with Crippen LogP contribution in [-0.4, -0.2) is 16.7 Å². The Balaban J connectivity index is 1.52. The minimum Gasteiger partial charge on any atom is -0.339 e. The van der Waals surface area contributed by atoms with Gasteiger partial charge in [-0.3, -0.25) is 0 Å². The molecule has 1 aliphatic rings. The maximum absolute atomic E-state index is 13.0. The smallest absolute Gasteiger partial charge is 0.208 e. The minimum absolute atomic E-state index is 0.206. The van der Waals surface area contributed by atoms with Gasteiger partial charge in [0.05, 0.1) is 6.04 Å². The number of aromatic nitrogens is 2. The highest BCUT2D eigenvalue weighted by Crippen LogP contribution is 2.40. The van der Waals surface area contributed by atoms with E-state index in [1.54, 1.807) is 11.3 Å². The van der Waals surface area contributed by atoms with E-state index in [0.29, 0.717) is 12.5 Å². The van der Waals surface area contributed by atoms with Crippen molar-refractivity contribution in [2.75, 3.05) is 11.4 Å². The summed E-state index contributed by atoms with van der Waals surface area (Å²) in [5.74, 6) is -0.206. The van der Waals surface area contributed by atoms with E-state index >= 15 is 0 Å². The third-order valence-electron chi connectivity index (χ3n) is 4.31. The van der Waals surface area contributed by atoms with Crippen molar-refractivity contribution in [3.8, 4) is 0 Å². The summed E-state index contributed by atoms with van der Waals surface area (Å²) in [7, 11) is 0. The molecule has 0 bridgehead atoms. The van der Waals surface area contributed by atoms with Crippen LogP contribution in [-0.2, 0) is 6.42 Å². The van der Waals surface area contributed by atoms with E-state index in [2.05, 4.69) is 34.2 Å². The van der Waals surface area contributed by atoms with E-state index in [4.69, 9.17) is 0 Å². The Morgan fingerprint density at radius 2 is 1.96 bits per heavy atom. The van der Waals surface area contributed by atoms with Crippen molar-refractivity contribution in [2.45, 2.75) is 32.2 Å². The van der Waals surface area contributed by atoms with E-state index in [9.17, 15) is 4.39 Å². The topological polar surface area (TPSA) is 29.0 Å². The van der Waals surface area contributed by atoms with Gasteiger partial charge in [0.15, 0.2) is 0 Å². The lowest BCUT2D eigenvalue weighted by Gasteiger charge is -2.22. The molecule has 0 amide bonds. The monoisotopic (exact) mass is 359 g/mol. The second-order valence-corrected chi connectivity index (χ2v) is 8.44. The second kappa shape index (κ2) is 6.61. The van der Waals surface area contributed by atoms with E-state index < -0.39 is 0 Å². The highest BCUT2D eigenvalue weighted by atomic mass is 32.1. The van der Waals surface area contributed by atoms with Crippen LogP contribution in [0.2, 0.25) is 0 Å². The summed E-state index contributed by atoms with van der Waals surface area (Å²) in [6.45, 7) is 3.19. The van der Waals surface area contributed by atoms with Crippen LogP contribution in [0.3, 0.4) is 0 Å². The van der Waals surface area contributed by atoms with Gasteiger partial charge < -0.3 is 4.90 Å². The van der Waals surface area contributed by atoms with Crippen LogP contribution in [0.25, 0.3) is 0 Å². The van der Waals surface area contributed by atoms with Gasteiger partial charge >= 0.3 is 0 Å². The zero-order valence-corrected chi connectivity index (χ0v) is 15.0. The minimum atomic E-state index is -0.206.